The van der Waals surface area contributed by atoms with Crippen molar-refractivity contribution in [1.82, 2.24) is 9.80 Å². The molecule has 1 aliphatic rings. The molecule has 3 rings (SSSR count). The Morgan fingerprint density at radius 2 is 1.48 bits per heavy atom. The van der Waals surface area contributed by atoms with E-state index in [9.17, 15) is 5.11 Å². The number of β-amino-alcohol motifs (C(OH)–C–C–N with tert-alkyl or cyclic N) is 1. The SMILES string of the molecule is CCC(OCC(O)CN1CCN(Cc2ccccc2)CC1)c1ccccc1. The Labute approximate surface area is 163 Å². The fourth-order valence-electron chi connectivity index (χ4n) is 3.67. The van der Waals surface area contributed by atoms with Crippen molar-refractivity contribution < 1.29 is 9.84 Å². The van der Waals surface area contributed by atoms with Crippen molar-refractivity contribution in [2.24, 2.45) is 0 Å². The lowest BCUT2D eigenvalue weighted by Gasteiger charge is -2.35. The third-order valence-electron chi connectivity index (χ3n) is 5.21. The summed E-state index contributed by atoms with van der Waals surface area (Å²) in [5.41, 5.74) is 2.55. The first kappa shape index (κ1) is 20.0. The molecule has 0 spiro atoms. The Balaban J connectivity index is 1.37. The first-order valence-electron chi connectivity index (χ1n) is 10.1. The summed E-state index contributed by atoms with van der Waals surface area (Å²) in [6.07, 6.45) is 0.529. The lowest BCUT2D eigenvalue weighted by molar-refractivity contribution is -0.0284. The highest BCUT2D eigenvalue weighted by Crippen LogP contribution is 2.20. The average Bonchev–Trinajstić information content (AvgIpc) is 2.71. The minimum atomic E-state index is -0.441. The van der Waals surface area contributed by atoms with Crippen LogP contribution in [0.15, 0.2) is 60.7 Å². The van der Waals surface area contributed by atoms with E-state index in [4.69, 9.17) is 4.74 Å². The van der Waals surface area contributed by atoms with E-state index in [1.54, 1.807) is 0 Å². The summed E-state index contributed by atoms with van der Waals surface area (Å²) in [4.78, 5) is 4.83. The topological polar surface area (TPSA) is 35.9 Å². The van der Waals surface area contributed by atoms with Gasteiger partial charge in [-0.1, -0.05) is 67.6 Å². The Morgan fingerprint density at radius 3 is 2.11 bits per heavy atom. The predicted molar refractivity (Wildman–Crippen MR) is 110 cm³/mol. The Kier molecular flexibility index (Phi) is 7.84. The minimum Gasteiger partial charge on any atom is -0.389 e. The first-order chi connectivity index (χ1) is 13.2. The number of piperazine rings is 1. The van der Waals surface area contributed by atoms with Gasteiger partial charge in [-0.3, -0.25) is 9.80 Å². The van der Waals surface area contributed by atoms with Crippen molar-refractivity contribution >= 4 is 0 Å². The Bertz CT molecular complexity index is 642. The van der Waals surface area contributed by atoms with E-state index < -0.39 is 6.10 Å². The molecule has 0 bridgehead atoms. The van der Waals surface area contributed by atoms with Crippen LogP contribution in [0, 0.1) is 0 Å². The van der Waals surface area contributed by atoms with Crippen molar-refractivity contribution in [3.8, 4) is 0 Å². The molecule has 27 heavy (non-hydrogen) atoms. The summed E-state index contributed by atoms with van der Waals surface area (Å²) in [6, 6.07) is 20.9. The molecule has 146 valence electrons. The molecule has 1 N–H and O–H groups in total. The second-order valence-electron chi connectivity index (χ2n) is 7.36. The maximum absolute atomic E-state index is 10.4. The maximum Gasteiger partial charge on any atom is 0.0900 e. The van der Waals surface area contributed by atoms with Crippen LogP contribution in [0.3, 0.4) is 0 Å². The number of ether oxygens (including phenoxy) is 1. The summed E-state index contributed by atoms with van der Waals surface area (Å²) in [5.74, 6) is 0. The molecule has 2 aromatic carbocycles. The van der Waals surface area contributed by atoms with Gasteiger partial charge in [0, 0.05) is 39.3 Å². The molecule has 4 nitrogen and oxygen atoms in total. The van der Waals surface area contributed by atoms with Gasteiger partial charge in [0.25, 0.3) is 0 Å². The smallest absolute Gasteiger partial charge is 0.0900 e. The molecule has 2 unspecified atom stereocenters. The van der Waals surface area contributed by atoms with Gasteiger partial charge in [0.15, 0.2) is 0 Å². The predicted octanol–water partition coefficient (Wildman–Crippen LogP) is 3.33. The number of benzene rings is 2. The van der Waals surface area contributed by atoms with E-state index in [2.05, 4.69) is 59.2 Å². The number of nitrogens with zero attached hydrogens (tertiary/aromatic N) is 2. The third kappa shape index (κ3) is 6.43. The van der Waals surface area contributed by atoms with Gasteiger partial charge in [0.05, 0.1) is 18.8 Å². The van der Waals surface area contributed by atoms with Crippen LogP contribution in [0.25, 0.3) is 0 Å². The van der Waals surface area contributed by atoms with Gasteiger partial charge < -0.3 is 9.84 Å². The summed E-state index contributed by atoms with van der Waals surface area (Å²) >= 11 is 0. The van der Waals surface area contributed by atoms with Gasteiger partial charge >= 0.3 is 0 Å². The van der Waals surface area contributed by atoms with Crippen molar-refractivity contribution in [3.63, 3.8) is 0 Å². The molecular weight excluding hydrogens is 336 g/mol. The summed E-state index contributed by atoms with van der Waals surface area (Å²) < 4.78 is 5.99. The molecule has 0 saturated carbocycles. The second-order valence-corrected chi connectivity index (χ2v) is 7.36. The number of hydrogen-bond acceptors (Lipinski definition) is 4. The zero-order valence-corrected chi connectivity index (χ0v) is 16.3. The van der Waals surface area contributed by atoms with Crippen LogP contribution in [-0.4, -0.2) is 60.3 Å². The molecule has 2 aromatic rings. The highest BCUT2D eigenvalue weighted by molar-refractivity contribution is 5.17. The van der Waals surface area contributed by atoms with Gasteiger partial charge in [-0.05, 0) is 17.5 Å². The van der Waals surface area contributed by atoms with E-state index in [0.717, 1.165) is 39.1 Å². The molecule has 2 atom stereocenters. The molecule has 1 saturated heterocycles. The number of aliphatic hydroxyl groups excluding tert-OH is 1. The van der Waals surface area contributed by atoms with Gasteiger partial charge in [0.2, 0.25) is 0 Å². The molecule has 0 amide bonds. The van der Waals surface area contributed by atoms with Crippen LogP contribution in [0.5, 0.6) is 0 Å². The van der Waals surface area contributed by atoms with Gasteiger partial charge in [-0.25, -0.2) is 0 Å². The standard InChI is InChI=1S/C23H32N2O2/c1-2-23(21-11-7-4-8-12-21)27-19-22(26)18-25-15-13-24(14-16-25)17-20-9-5-3-6-10-20/h3-12,22-23,26H,2,13-19H2,1H3. The van der Waals surface area contributed by atoms with Crippen LogP contribution in [0.1, 0.15) is 30.6 Å². The van der Waals surface area contributed by atoms with Gasteiger partial charge in [-0.15, -0.1) is 0 Å². The molecule has 1 heterocycles. The quantitative estimate of drug-likeness (QED) is 0.736. The number of rotatable bonds is 9. The highest BCUT2D eigenvalue weighted by Gasteiger charge is 2.20. The van der Waals surface area contributed by atoms with E-state index in [-0.39, 0.29) is 6.10 Å². The Hall–Kier alpha value is -1.72. The van der Waals surface area contributed by atoms with Crippen molar-refractivity contribution in [2.45, 2.75) is 32.1 Å². The fraction of sp³-hybridized carbons (Fsp3) is 0.478. The largest absolute Gasteiger partial charge is 0.389 e. The Morgan fingerprint density at radius 1 is 0.889 bits per heavy atom. The van der Waals surface area contributed by atoms with Crippen LogP contribution >= 0.6 is 0 Å². The zero-order chi connectivity index (χ0) is 18.9. The van der Waals surface area contributed by atoms with Crippen molar-refractivity contribution in [2.75, 3.05) is 39.3 Å². The molecule has 0 aliphatic carbocycles. The van der Waals surface area contributed by atoms with E-state index in [0.29, 0.717) is 13.2 Å². The van der Waals surface area contributed by atoms with Crippen LogP contribution in [-0.2, 0) is 11.3 Å². The molecule has 4 heteroatoms. The van der Waals surface area contributed by atoms with Crippen LogP contribution < -0.4 is 0 Å². The van der Waals surface area contributed by atoms with E-state index in [1.807, 2.05) is 18.2 Å². The zero-order valence-electron chi connectivity index (χ0n) is 16.3. The summed E-state index contributed by atoms with van der Waals surface area (Å²) in [5, 5.41) is 10.4. The third-order valence-corrected chi connectivity index (χ3v) is 5.21. The number of hydrogen-bond donors (Lipinski definition) is 1. The van der Waals surface area contributed by atoms with Crippen molar-refractivity contribution in [3.05, 3.63) is 71.8 Å². The molecule has 0 radical (unpaired) electrons. The number of aliphatic hydroxyl groups is 1. The lowest BCUT2D eigenvalue weighted by atomic mass is 10.1. The summed E-state index contributed by atoms with van der Waals surface area (Å²) in [7, 11) is 0. The van der Waals surface area contributed by atoms with Crippen molar-refractivity contribution in [1.29, 1.82) is 0 Å². The monoisotopic (exact) mass is 368 g/mol. The lowest BCUT2D eigenvalue weighted by Crippen LogP contribution is -2.48. The van der Waals surface area contributed by atoms with Crippen LogP contribution in [0.2, 0.25) is 0 Å². The van der Waals surface area contributed by atoms with Crippen LogP contribution in [0.4, 0.5) is 0 Å². The molecular formula is C23H32N2O2. The van der Waals surface area contributed by atoms with E-state index >= 15 is 0 Å². The maximum atomic E-state index is 10.4. The average molecular weight is 369 g/mol. The summed E-state index contributed by atoms with van der Waals surface area (Å²) in [6.45, 7) is 8.29. The molecule has 1 fully saturated rings. The highest BCUT2D eigenvalue weighted by atomic mass is 16.5. The first-order valence-corrected chi connectivity index (χ1v) is 10.1. The van der Waals surface area contributed by atoms with Gasteiger partial charge in [-0.2, -0.15) is 0 Å². The molecule has 0 aromatic heterocycles. The fourth-order valence-corrected chi connectivity index (χ4v) is 3.67. The normalized spacial score (nSPS) is 18.3. The van der Waals surface area contributed by atoms with E-state index in [1.165, 1.54) is 11.1 Å². The minimum absolute atomic E-state index is 0.0589. The van der Waals surface area contributed by atoms with Gasteiger partial charge in [0.1, 0.15) is 0 Å². The molecule has 1 aliphatic heterocycles. The second kappa shape index (κ2) is 10.6.